The minimum atomic E-state index is -1.10. The number of rotatable bonds is 5. The predicted octanol–water partition coefficient (Wildman–Crippen LogP) is -0.402. The number of carboxylic acids is 2. The Labute approximate surface area is 94.2 Å². The van der Waals surface area contributed by atoms with Crippen LogP contribution in [0, 0.1) is 0 Å². The van der Waals surface area contributed by atoms with Crippen molar-refractivity contribution in [1.82, 2.24) is 10.2 Å². The number of carbonyl (C=O) groups is 2. The largest absolute Gasteiger partial charge is 0.481 e. The molecule has 3 N–H and O–H groups in total. The van der Waals surface area contributed by atoms with Crippen LogP contribution in [0.25, 0.3) is 0 Å². The lowest BCUT2D eigenvalue weighted by Crippen LogP contribution is -2.48. The van der Waals surface area contributed by atoms with E-state index in [0.29, 0.717) is 0 Å². The molecule has 0 aromatic rings. The van der Waals surface area contributed by atoms with Crippen molar-refractivity contribution in [2.75, 3.05) is 20.1 Å². The van der Waals surface area contributed by atoms with E-state index in [2.05, 4.69) is 10.2 Å². The lowest BCUT2D eigenvalue weighted by Gasteiger charge is -2.31. The number of hydrogen-bond acceptors (Lipinski definition) is 4. The van der Waals surface area contributed by atoms with Crippen molar-refractivity contribution >= 4 is 11.9 Å². The highest BCUT2D eigenvalue weighted by Gasteiger charge is 2.25. The number of hydrogen-bond donors (Lipinski definition) is 3. The summed E-state index contributed by atoms with van der Waals surface area (Å²) in [5.41, 5.74) is 0. The number of nitrogens with zero attached hydrogens (tertiary/aromatic N) is 1. The molecule has 1 saturated heterocycles. The highest BCUT2D eigenvalue weighted by molar-refractivity contribution is 5.80. The van der Waals surface area contributed by atoms with E-state index < -0.39 is 18.0 Å². The monoisotopic (exact) mass is 230 g/mol. The van der Waals surface area contributed by atoms with Gasteiger partial charge in [0, 0.05) is 6.04 Å². The molecule has 0 aromatic carbocycles. The molecule has 1 fully saturated rings. The summed E-state index contributed by atoms with van der Waals surface area (Å²) in [5.74, 6) is -2.19. The van der Waals surface area contributed by atoms with Crippen molar-refractivity contribution in [3.05, 3.63) is 0 Å². The van der Waals surface area contributed by atoms with Gasteiger partial charge in [-0.1, -0.05) is 0 Å². The van der Waals surface area contributed by atoms with Crippen LogP contribution in [-0.4, -0.2) is 59.3 Å². The molecule has 0 aromatic heterocycles. The molecule has 1 heterocycles. The first kappa shape index (κ1) is 12.9. The van der Waals surface area contributed by atoms with E-state index in [9.17, 15) is 9.59 Å². The van der Waals surface area contributed by atoms with Gasteiger partial charge < -0.3 is 20.4 Å². The fourth-order valence-corrected chi connectivity index (χ4v) is 1.85. The molecular weight excluding hydrogens is 212 g/mol. The summed E-state index contributed by atoms with van der Waals surface area (Å²) >= 11 is 0. The molecule has 6 heteroatoms. The quantitative estimate of drug-likeness (QED) is 0.595. The van der Waals surface area contributed by atoms with E-state index in [1.807, 2.05) is 7.05 Å². The molecular formula is C10H18N2O4. The second kappa shape index (κ2) is 5.81. The zero-order valence-electron chi connectivity index (χ0n) is 9.35. The number of nitrogens with one attached hydrogen (secondary N) is 1. The smallest absolute Gasteiger partial charge is 0.321 e. The van der Waals surface area contributed by atoms with Crippen LogP contribution in [0.1, 0.15) is 19.3 Å². The Morgan fingerprint density at radius 2 is 1.94 bits per heavy atom. The van der Waals surface area contributed by atoms with Gasteiger partial charge in [0.25, 0.3) is 0 Å². The van der Waals surface area contributed by atoms with E-state index in [0.717, 1.165) is 25.9 Å². The first-order valence-corrected chi connectivity index (χ1v) is 5.38. The van der Waals surface area contributed by atoms with E-state index in [-0.39, 0.29) is 12.5 Å². The Balaban J connectivity index is 2.42. The minimum absolute atomic E-state index is 0.108. The number of aliphatic carboxylic acids is 2. The average Bonchev–Trinajstić information content (AvgIpc) is 2.19. The zero-order chi connectivity index (χ0) is 12.1. The molecule has 1 aliphatic heterocycles. The molecule has 1 aliphatic rings. The first-order chi connectivity index (χ1) is 7.49. The normalized spacial score (nSPS) is 20.6. The van der Waals surface area contributed by atoms with Crippen LogP contribution in [0.4, 0.5) is 0 Å². The maximum Gasteiger partial charge on any atom is 0.321 e. The summed E-state index contributed by atoms with van der Waals surface area (Å²) in [6, 6.07) is -0.873. The van der Waals surface area contributed by atoms with E-state index in [1.165, 1.54) is 0 Å². The van der Waals surface area contributed by atoms with Crippen molar-refractivity contribution in [1.29, 1.82) is 0 Å². The molecule has 1 rings (SSSR count). The Bertz CT molecular complexity index is 262. The highest BCUT2D eigenvalue weighted by atomic mass is 16.4. The van der Waals surface area contributed by atoms with Crippen LogP contribution in [-0.2, 0) is 9.59 Å². The van der Waals surface area contributed by atoms with Gasteiger partial charge in [-0.3, -0.25) is 9.59 Å². The Hall–Kier alpha value is -1.14. The second-order valence-electron chi connectivity index (χ2n) is 4.23. The third-order valence-electron chi connectivity index (χ3n) is 2.83. The van der Waals surface area contributed by atoms with Gasteiger partial charge in [0.2, 0.25) is 0 Å². The molecule has 0 amide bonds. The van der Waals surface area contributed by atoms with Crippen molar-refractivity contribution < 1.29 is 19.8 Å². The van der Waals surface area contributed by atoms with Crippen LogP contribution >= 0.6 is 0 Å². The minimum Gasteiger partial charge on any atom is -0.481 e. The van der Waals surface area contributed by atoms with Gasteiger partial charge in [0.15, 0.2) is 0 Å². The standard InChI is InChI=1S/C10H18N2O4/c1-12-4-2-7(3-5-12)11-8(10(15)16)6-9(13)14/h7-8,11H,2-6H2,1H3,(H,13,14)(H,15,16). The summed E-state index contributed by atoms with van der Waals surface area (Å²) < 4.78 is 0. The number of carboxylic acid groups (broad SMARTS) is 2. The molecule has 0 radical (unpaired) electrons. The van der Waals surface area contributed by atoms with Gasteiger partial charge in [-0.05, 0) is 33.0 Å². The molecule has 0 bridgehead atoms. The first-order valence-electron chi connectivity index (χ1n) is 5.38. The third-order valence-corrected chi connectivity index (χ3v) is 2.83. The summed E-state index contributed by atoms with van der Waals surface area (Å²) in [6.45, 7) is 1.83. The van der Waals surface area contributed by atoms with Gasteiger partial charge >= 0.3 is 11.9 Å². The molecule has 0 saturated carbocycles. The maximum atomic E-state index is 10.8. The van der Waals surface area contributed by atoms with Gasteiger partial charge in [0.1, 0.15) is 6.04 Å². The van der Waals surface area contributed by atoms with Gasteiger partial charge in [0.05, 0.1) is 6.42 Å². The van der Waals surface area contributed by atoms with Crippen LogP contribution in [0.3, 0.4) is 0 Å². The van der Waals surface area contributed by atoms with E-state index in [1.54, 1.807) is 0 Å². The maximum absolute atomic E-state index is 10.8. The molecule has 6 nitrogen and oxygen atoms in total. The topological polar surface area (TPSA) is 89.9 Å². The van der Waals surface area contributed by atoms with E-state index in [4.69, 9.17) is 10.2 Å². The SMILES string of the molecule is CN1CCC(NC(CC(=O)O)C(=O)O)CC1. The summed E-state index contributed by atoms with van der Waals surface area (Å²) in [4.78, 5) is 23.5. The summed E-state index contributed by atoms with van der Waals surface area (Å²) in [6.07, 6.45) is 1.35. The fourth-order valence-electron chi connectivity index (χ4n) is 1.85. The average molecular weight is 230 g/mol. The Kier molecular flexibility index (Phi) is 4.70. The fraction of sp³-hybridized carbons (Fsp3) is 0.800. The molecule has 1 atom stereocenters. The Morgan fingerprint density at radius 1 is 1.38 bits per heavy atom. The van der Waals surface area contributed by atoms with E-state index >= 15 is 0 Å². The lowest BCUT2D eigenvalue weighted by molar-refractivity contribution is -0.146. The van der Waals surface area contributed by atoms with Gasteiger partial charge in [-0.15, -0.1) is 0 Å². The van der Waals surface area contributed by atoms with Crippen LogP contribution < -0.4 is 5.32 Å². The molecule has 1 unspecified atom stereocenters. The van der Waals surface area contributed by atoms with Gasteiger partial charge in [-0.2, -0.15) is 0 Å². The second-order valence-corrected chi connectivity index (χ2v) is 4.23. The molecule has 16 heavy (non-hydrogen) atoms. The Morgan fingerprint density at radius 3 is 2.38 bits per heavy atom. The van der Waals surface area contributed by atoms with Crippen molar-refractivity contribution in [3.63, 3.8) is 0 Å². The van der Waals surface area contributed by atoms with Crippen molar-refractivity contribution in [2.24, 2.45) is 0 Å². The summed E-state index contributed by atoms with van der Waals surface area (Å²) in [7, 11) is 2.02. The zero-order valence-corrected chi connectivity index (χ0v) is 9.35. The predicted molar refractivity (Wildman–Crippen MR) is 57.3 cm³/mol. The number of piperidine rings is 1. The van der Waals surface area contributed by atoms with Crippen molar-refractivity contribution in [3.8, 4) is 0 Å². The van der Waals surface area contributed by atoms with Crippen molar-refractivity contribution in [2.45, 2.75) is 31.3 Å². The van der Waals surface area contributed by atoms with Crippen LogP contribution in [0.15, 0.2) is 0 Å². The lowest BCUT2D eigenvalue weighted by atomic mass is 10.0. The summed E-state index contributed by atoms with van der Waals surface area (Å²) in [5, 5.41) is 20.4. The molecule has 0 aliphatic carbocycles. The number of likely N-dealkylation sites (tertiary alicyclic amines) is 1. The molecule has 92 valence electrons. The third kappa shape index (κ3) is 4.16. The molecule has 0 spiro atoms. The highest BCUT2D eigenvalue weighted by Crippen LogP contribution is 2.10. The van der Waals surface area contributed by atoms with Crippen LogP contribution in [0.2, 0.25) is 0 Å². The van der Waals surface area contributed by atoms with Gasteiger partial charge in [-0.25, -0.2) is 0 Å². The van der Waals surface area contributed by atoms with Crippen LogP contribution in [0.5, 0.6) is 0 Å².